The van der Waals surface area contributed by atoms with Crippen molar-refractivity contribution in [3.05, 3.63) is 46.2 Å². The number of aryl methyl sites for hydroxylation is 1. The average molecular weight is 318 g/mol. The molecule has 22 heavy (non-hydrogen) atoms. The first-order valence-electron chi connectivity index (χ1n) is 7.27. The molecule has 2 aromatic rings. The summed E-state index contributed by atoms with van der Waals surface area (Å²) in [7, 11) is 0. The van der Waals surface area contributed by atoms with Gasteiger partial charge in [0, 0.05) is 30.0 Å². The van der Waals surface area contributed by atoms with Crippen LogP contribution in [0.3, 0.4) is 0 Å². The fraction of sp³-hybridized carbons (Fsp3) is 0.438. The highest BCUT2D eigenvalue weighted by molar-refractivity contribution is 7.11. The van der Waals surface area contributed by atoms with Crippen molar-refractivity contribution in [3.63, 3.8) is 0 Å². The predicted molar refractivity (Wildman–Crippen MR) is 89.1 cm³/mol. The van der Waals surface area contributed by atoms with Gasteiger partial charge in [-0.15, -0.1) is 11.3 Å². The van der Waals surface area contributed by atoms with Gasteiger partial charge in [-0.25, -0.2) is 9.78 Å². The summed E-state index contributed by atoms with van der Waals surface area (Å²) in [5.41, 5.74) is 0.674. The number of hydrogen-bond acceptors (Lipinski definition) is 4. The first-order valence-corrected chi connectivity index (χ1v) is 8.09. The average Bonchev–Trinajstić information content (AvgIpc) is 2.93. The van der Waals surface area contributed by atoms with Gasteiger partial charge < -0.3 is 10.6 Å². The standard InChI is InChI=1S/C16H22N4OS/c1-11(13-5-7-17-8-6-13)9-19-15(21)20-16(3,4)14-18-10-12(2)22-14/h5-8,10-11H,9H2,1-4H3,(H2,19,20,21)/t11-/m0/s1. The van der Waals surface area contributed by atoms with Gasteiger partial charge in [0.1, 0.15) is 5.01 Å². The topological polar surface area (TPSA) is 66.9 Å². The lowest BCUT2D eigenvalue weighted by Gasteiger charge is -2.24. The van der Waals surface area contributed by atoms with Gasteiger partial charge in [0.15, 0.2) is 0 Å². The maximum atomic E-state index is 12.1. The first-order chi connectivity index (χ1) is 10.4. The van der Waals surface area contributed by atoms with E-state index in [1.165, 1.54) is 0 Å². The molecule has 118 valence electrons. The number of rotatable bonds is 5. The molecular formula is C16H22N4OS. The Morgan fingerprint density at radius 1 is 1.36 bits per heavy atom. The van der Waals surface area contributed by atoms with Gasteiger partial charge in [0.2, 0.25) is 0 Å². The molecule has 6 heteroatoms. The fourth-order valence-electron chi connectivity index (χ4n) is 2.08. The molecule has 0 aliphatic carbocycles. The quantitative estimate of drug-likeness (QED) is 0.889. The van der Waals surface area contributed by atoms with Gasteiger partial charge in [-0.05, 0) is 44.4 Å². The summed E-state index contributed by atoms with van der Waals surface area (Å²) in [5.74, 6) is 0.235. The minimum absolute atomic E-state index is 0.182. The lowest BCUT2D eigenvalue weighted by Crippen LogP contribution is -2.47. The molecule has 0 bridgehead atoms. The van der Waals surface area contributed by atoms with E-state index in [4.69, 9.17) is 0 Å². The van der Waals surface area contributed by atoms with Crippen molar-refractivity contribution in [2.24, 2.45) is 0 Å². The lowest BCUT2D eigenvalue weighted by atomic mass is 10.0. The van der Waals surface area contributed by atoms with Crippen LogP contribution in [0.2, 0.25) is 0 Å². The van der Waals surface area contributed by atoms with Crippen molar-refractivity contribution < 1.29 is 4.79 Å². The molecule has 2 aromatic heterocycles. The van der Waals surface area contributed by atoms with Gasteiger partial charge >= 0.3 is 6.03 Å². The van der Waals surface area contributed by atoms with Crippen LogP contribution in [0.15, 0.2) is 30.7 Å². The maximum absolute atomic E-state index is 12.1. The Kier molecular flexibility index (Phi) is 5.13. The van der Waals surface area contributed by atoms with E-state index in [-0.39, 0.29) is 11.9 Å². The van der Waals surface area contributed by atoms with Crippen molar-refractivity contribution in [2.45, 2.75) is 39.2 Å². The first kappa shape index (κ1) is 16.4. The summed E-state index contributed by atoms with van der Waals surface area (Å²) in [5, 5.41) is 6.80. The second kappa shape index (κ2) is 6.87. The molecule has 2 N–H and O–H groups in total. The summed E-state index contributed by atoms with van der Waals surface area (Å²) in [6.45, 7) is 8.57. The third kappa shape index (κ3) is 4.27. The number of amides is 2. The Labute approximate surface area is 135 Å². The van der Waals surface area contributed by atoms with Crippen molar-refractivity contribution in [1.29, 1.82) is 0 Å². The Bertz CT molecular complexity index is 624. The molecule has 0 unspecified atom stereocenters. The van der Waals surface area contributed by atoms with Crippen molar-refractivity contribution in [3.8, 4) is 0 Å². The van der Waals surface area contributed by atoms with E-state index in [2.05, 4.69) is 27.5 Å². The van der Waals surface area contributed by atoms with E-state index in [1.807, 2.05) is 39.1 Å². The number of carbonyl (C=O) groups excluding carboxylic acids is 1. The van der Waals surface area contributed by atoms with Crippen LogP contribution in [0.5, 0.6) is 0 Å². The van der Waals surface area contributed by atoms with Crippen LogP contribution in [0, 0.1) is 6.92 Å². The lowest BCUT2D eigenvalue weighted by molar-refractivity contribution is 0.229. The molecule has 0 radical (unpaired) electrons. The van der Waals surface area contributed by atoms with E-state index in [9.17, 15) is 4.79 Å². The van der Waals surface area contributed by atoms with Gasteiger partial charge in [-0.3, -0.25) is 4.98 Å². The Hall–Kier alpha value is -1.95. The highest BCUT2D eigenvalue weighted by Crippen LogP contribution is 2.24. The molecule has 0 aliphatic heterocycles. The maximum Gasteiger partial charge on any atom is 0.315 e. The molecule has 0 saturated heterocycles. The molecular weight excluding hydrogens is 296 g/mol. The molecule has 0 aromatic carbocycles. The normalized spacial score (nSPS) is 12.7. The van der Waals surface area contributed by atoms with Crippen LogP contribution in [-0.2, 0) is 5.54 Å². The summed E-state index contributed by atoms with van der Waals surface area (Å²) < 4.78 is 0. The third-order valence-corrected chi connectivity index (χ3v) is 4.66. The third-order valence-electron chi connectivity index (χ3n) is 3.43. The van der Waals surface area contributed by atoms with E-state index in [1.54, 1.807) is 23.7 Å². The highest BCUT2D eigenvalue weighted by atomic mass is 32.1. The monoisotopic (exact) mass is 318 g/mol. The van der Waals surface area contributed by atoms with Crippen LogP contribution in [0.25, 0.3) is 0 Å². The SMILES string of the molecule is Cc1cnc(C(C)(C)NC(=O)NC[C@H](C)c2ccncc2)s1. The number of nitrogens with zero attached hydrogens (tertiary/aromatic N) is 2. The number of urea groups is 1. The second-order valence-electron chi connectivity index (χ2n) is 5.92. The van der Waals surface area contributed by atoms with E-state index in [0.717, 1.165) is 15.4 Å². The zero-order valence-electron chi connectivity index (χ0n) is 13.4. The smallest absolute Gasteiger partial charge is 0.315 e. The highest BCUT2D eigenvalue weighted by Gasteiger charge is 2.26. The van der Waals surface area contributed by atoms with E-state index in [0.29, 0.717) is 6.54 Å². The molecule has 5 nitrogen and oxygen atoms in total. The van der Waals surface area contributed by atoms with E-state index < -0.39 is 5.54 Å². The van der Waals surface area contributed by atoms with Crippen molar-refractivity contribution in [2.75, 3.05) is 6.54 Å². The minimum Gasteiger partial charge on any atom is -0.338 e. The van der Waals surface area contributed by atoms with Crippen LogP contribution in [0.1, 0.15) is 42.1 Å². The number of aromatic nitrogens is 2. The Morgan fingerprint density at radius 2 is 2.05 bits per heavy atom. The van der Waals surface area contributed by atoms with Gasteiger partial charge in [0.25, 0.3) is 0 Å². The molecule has 2 heterocycles. The number of carbonyl (C=O) groups is 1. The van der Waals surface area contributed by atoms with Gasteiger partial charge in [-0.1, -0.05) is 6.92 Å². The molecule has 0 aliphatic rings. The number of hydrogen-bond donors (Lipinski definition) is 2. The summed E-state index contributed by atoms with van der Waals surface area (Å²) in [4.78, 5) is 21.6. The molecule has 2 rings (SSSR count). The predicted octanol–water partition coefficient (Wildman–Crippen LogP) is 3.18. The Morgan fingerprint density at radius 3 is 2.64 bits per heavy atom. The number of pyridine rings is 1. The molecule has 0 saturated carbocycles. The van der Waals surface area contributed by atoms with Crippen LogP contribution in [-0.4, -0.2) is 22.5 Å². The number of nitrogens with one attached hydrogen (secondary N) is 2. The van der Waals surface area contributed by atoms with Crippen LogP contribution in [0.4, 0.5) is 4.79 Å². The van der Waals surface area contributed by atoms with Crippen LogP contribution < -0.4 is 10.6 Å². The van der Waals surface area contributed by atoms with Crippen molar-refractivity contribution >= 4 is 17.4 Å². The Balaban J connectivity index is 1.88. The summed E-state index contributed by atoms with van der Waals surface area (Å²) in [6.07, 6.45) is 5.35. The second-order valence-corrected chi connectivity index (χ2v) is 7.15. The minimum atomic E-state index is -0.483. The zero-order valence-corrected chi connectivity index (χ0v) is 14.2. The van der Waals surface area contributed by atoms with Gasteiger partial charge in [-0.2, -0.15) is 0 Å². The van der Waals surface area contributed by atoms with E-state index >= 15 is 0 Å². The summed E-state index contributed by atoms with van der Waals surface area (Å²) in [6, 6.07) is 3.75. The zero-order chi connectivity index (χ0) is 16.2. The van der Waals surface area contributed by atoms with Crippen LogP contribution >= 0.6 is 11.3 Å². The molecule has 0 fully saturated rings. The van der Waals surface area contributed by atoms with Crippen molar-refractivity contribution in [1.82, 2.24) is 20.6 Å². The molecule has 0 spiro atoms. The van der Waals surface area contributed by atoms with Gasteiger partial charge in [0.05, 0.1) is 5.54 Å². The largest absolute Gasteiger partial charge is 0.338 e. The molecule has 1 atom stereocenters. The number of thiazole rings is 1. The fourth-order valence-corrected chi connectivity index (χ4v) is 2.90. The molecule has 2 amide bonds. The summed E-state index contributed by atoms with van der Waals surface area (Å²) >= 11 is 1.60.